The number of amides is 1. The minimum atomic E-state index is -0.912. The number of carbonyl (C=O) groups excluding carboxylic acids is 2. The lowest BCUT2D eigenvalue weighted by Crippen LogP contribution is -2.44. The Morgan fingerprint density at radius 2 is 1.69 bits per heavy atom. The van der Waals surface area contributed by atoms with Crippen LogP contribution in [0.25, 0.3) is 0 Å². The lowest BCUT2D eigenvalue weighted by atomic mass is 10.1. The molecular weight excluding hydrogens is 377 g/mol. The first kappa shape index (κ1) is 20.2. The van der Waals surface area contributed by atoms with Crippen LogP contribution in [0.5, 0.6) is 0 Å². The number of rotatable bonds is 8. The van der Waals surface area contributed by atoms with Gasteiger partial charge < -0.3 is 14.8 Å². The third-order valence-corrected chi connectivity index (χ3v) is 4.34. The molecule has 2 aromatic carbocycles. The molecule has 2 aromatic rings. The molecule has 138 valence electrons. The standard InChI is InChI=1S/C19H19Cl2NO4/c1-25-19(24)17(10-14-15(20)8-5-9-16(14)21)22-18(23)12-26-11-13-6-3-2-4-7-13/h2-9,17H,10-12H2,1H3,(H,22,23)/t17-/m1/s1. The van der Waals surface area contributed by atoms with Crippen molar-refractivity contribution in [3.63, 3.8) is 0 Å². The molecule has 1 N–H and O–H groups in total. The lowest BCUT2D eigenvalue weighted by Gasteiger charge is -2.18. The topological polar surface area (TPSA) is 64.6 Å². The van der Waals surface area contributed by atoms with Crippen molar-refractivity contribution in [3.8, 4) is 0 Å². The van der Waals surface area contributed by atoms with E-state index in [0.29, 0.717) is 22.2 Å². The first-order valence-electron chi connectivity index (χ1n) is 7.93. The number of benzene rings is 2. The molecule has 0 heterocycles. The van der Waals surface area contributed by atoms with Gasteiger partial charge in [0, 0.05) is 16.5 Å². The Balaban J connectivity index is 1.94. The van der Waals surface area contributed by atoms with Gasteiger partial charge in [0.05, 0.1) is 13.7 Å². The first-order valence-corrected chi connectivity index (χ1v) is 8.68. The summed E-state index contributed by atoms with van der Waals surface area (Å²) < 4.78 is 10.1. The molecule has 0 radical (unpaired) electrons. The molecule has 5 nitrogen and oxygen atoms in total. The van der Waals surface area contributed by atoms with Crippen LogP contribution in [0.3, 0.4) is 0 Å². The van der Waals surface area contributed by atoms with E-state index >= 15 is 0 Å². The molecule has 2 rings (SSSR count). The highest BCUT2D eigenvalue weighted by Gasteiger charge is 2.24. The zero-order chi connectivity index (χ0) is 18.9. The minimum absolute atomic E-state index is 0.121. The van der Waals surface area contributed by atoms with E-state index in [0.717, 1.165) is 5.56 Å². The van der Waals surface area contributed by atoms with Gasteiger partial charge in [-0.15, -0.1) is 0 Å². The fourth-order valence-electron chi connectivity index (χ4n) is 2.34. The van der Waals surface area contributed by atoms with Crippen LogP contribution in [-0.4, -0.2) is 31.6 Å². The molecule has 1 atom stereocenters. The average molecular weight is 396 g/mol. The van der Waals surface area contributed by atoms with Gasteiger partial charge in [0.2, 0.25) is 5.91 Å². The molecular formula is C19H19Cl2NO4. The van der Waals surface area contributed by atoms with Crippen LogP contribution >= 0.6 is 23.2 Å². The summed E-state index contributed by atoms with van der Waals surface area (Å²) in [7, 11) is 1.25. The summed E-state index contributed by atoms with van der Waals surface area (Å²) in [5, 5.41) is 3.44. The highest BCUT2D eigenvalue weighted by Crippen LogP contribution is 2.25. The molecule has 0 unspecified atom stereocenters. The number of hydrogen-bond acceptors (Lipinski definition) is 4. The molecule has 0 bridgehead atoms. The molecule has 7 heteroatoms. The highest BCUT2D eigenvalue weighted by molar-refractivity contribution is 6.36. The minimum Gasteiger partial charge on any atom is -0.467 e. The Hall–Kier alpha value is -2.08. The highest BCUT2D eigenvalue weighted by atomic mass is 35.5. The number of nitrogens with one attached hydrogen (secondary N) is 1. The Kier molecular flexibility index (Phi) is 7.91. The van der Waals surface area contributed by atoms with Gasteiger partial charge in [-0.2, -0.15) is 0 Å². The number of methoxy groups -OCH3 is 1. The van der Waals surface area contributed by atoms with E-state index in [-0.39, 0.29) is 13.0 Å². The van der Waals surface area contributed by atoms with Crippen molar-refractivity contribution < 1.29 is 19.1 Å². The van der Waals surface area contributed by atoms with Crippen LogP contribution in [-0.2, 0) is 32.1 Å². The Labute approximate surface area is 162 Å². The molecule has 0 saturated heterocycles. The van der Waals surface area contributed by atoms with Gasteiger partial charge in [-0.1, -0.05) is 59.6 Å². The van der Waals surface area contributed by atoms with Crippen LogP contribution in [0.15, 0.2) is 48.5 Å². The summed E-state index contributed by atoms with van der Waals surface area (Å²) in [6.45, 7) is 0.117. The van der Waals surface area contributed by atoms with Gasteiger partial charge in [-0.05, 0) is 23.3 Å². The van der Waals surface area contributed by atoms with E-state index in [1.165, 1.54) is 7.11 Å². The predicted octanol–water partition coefficient (Wildman–Crippen LogP) is 3.41. The van der Waals surface area contributed by atoms with E-state index in [1.54, 1.807) is 18.2 Å². The maximum atomic E-state index is 12.1. The Morgan fingerprint density at radius 3 is 2.31 bits per heavy atom. The van der Waals surface area contributed by atoms with Crippen LogP contribution in [0, 0.1) is 0 Å². The number of ether oxygens (including phenoxy) is 2. The van der Waals surface area contributed by atoms with E-state index in [1.807, 2.05) is 30.3 Å². The predicted molar refractivity (Wildman–Crippen MR) is 100 cm³/mol. The van der Waals surface area contributed by atoms with Gasteiger partial charge in [0.25, 0.3) is 0 Å². The third kappa shape index (κ3) is 6.02. The van der Waals surface area contributed by atoms with Crippen molar-refractivity contribution >= 4 is 35.1 Å². The van der Waals surface area contributed by atoms with E-state index in [2.05, 4.69) is 5.32 Å². The third-order valence-electron chi connectivity index (χ3n) is 3.64. The van der Waals surface area contributed by atoms with Crippen molar-refractivity contribution in [3.05, 3.63) is 69.7 Å². The SMILES string of the molecule is COC(=O)[C@@H](Cc1c(Cl)cccc1Cl)NC(=O)COCc1ccccc1. The smallest absolute Gasteiger partial charge is 0.328 e. The maximum absolute atomic E-state index is 12.1. The summed E-state index contributed by atoms with van der Waals surface area (Å²) in [5.41, 5.74) is 1.52. The lowest BCUT2D eigenvalue weighted by molar-refractivity contribution is -0.145. The fourth-order valence-corrected chi connectivity index (χ4v) is 2.89. The van der Waals surface area contributed by atoms with Crippen LogP contribution in [0.2, 0.25) is 10.0 Å². The van der Waals surface area contributed by atoms with Crippen molar-refractivity contribution in [1.29, 1.82) is 0 Å². The van der Waals surface area contributed by atoms with Crippen molar-refractivity contribution in [2.75, 3.05) is 13.7 Å². The molecule has 0 fully saturated rings. The van der Waals surface area contributed by atoms with E-state index in [4.69, 9.17) is 32.7 Å². The summed E-state index contributed by atoms with van der Waals surface area (Å²) in [6, 6.07) is 13.6. The Morgan fingerprint density at radius 1 is 1.04 bits per heavy atom. The van der Waals surface area contributed by atoms with Crippen molar-refractivity contribution in [1.82, 2.24) is 5.32 Å². The van der Waals surface area contributed by atoms with Crippen molar-refractivity contribution in [2.24, 2.45) is 0 Å². The summed E-state index contributed by atoms with van der Waals surface area (Å²) in [6.07, 6.45) is 0.121. The van der Waals surface area contributed by atoms with Gasteiger partial charge in [0.1, 0.15) is 12.6 Å². The monoisotopic (exact) mass is 395 g/mol. The first-order chi connectivity index (χ1) is 12.5. The molecule has 0 aliphatic rings. The molecule has 0 saturated carbocycles. The average Bonchev–Trinajstić information content (AvgIpc) is 2.64. The summed E-state index contributed by atoms with van der Waals surface area (Å²) in [4.78, 5) is 24.1. The molecule has 0 aliphatic heterocycles. The second-order valence-corrected chi connectivity index (χ2v) is 6.34. The molecule has 26 heavy (non-hydrogen) atoms. The van der Waals surface area contributed by atoms with Gasteiger partial charge in [-0.25, -0.2) is 4.79 Å². The van der Waals surface area contributed by atoms with Gasteiger partial charge in [0.15, 0.2) is 0 Å². The quantitative estimate of drug-likeness (QED) is 0.695. The van der Waals surface area contributed by atoms with Gasteiger partial charge in [-0.3, -0.25) is 4.79 Å². The molecule has 0 spiro atoms. The van der Waals surface area contributed by atoms with E-state index in [9.17, 15) is 9.59 Å². The maximum Gasteiger partial charge on any atom is 0.328 e. The zero-order valence-electron chi connectivity index (χ0n) is 14.2. The Bertz CT molecular complexity index is 732. The van der Waals surface area contributed by atoms with Crippen molar-refractivity contribution in [2.45, 2.75) is 19.1 Å². The number of esters is 1. The molecule has 0 aliphatic carbocycles. The number of hydrogen-bond donors (Lipinski definition) is 1. The zero-order valence-corrected chi connectivity index (χ0v) is 15.7. The molecule has 0 aromatic heterocycles. The number of halogens is 2. The fraction of sp³-hybridized carbons (Fsp3) is 0.263. The second-order valence-electron chi connectivity index (χ2n) is 5.53. The second kappa shape index (κ2) is 10.2. The largest absolute Gasteiger partial charge is 0.467 e. The van der Waals surface area contributed by atoms with Crippen LogP contribution < -0.4 is 5.32 Å². The van der Waals surface area contributed by atoms with Crippen LogP contribution in [0.1, 0.15) is 11.1 Å². The van der Waals surface area contributed by atoms with Gasteiger partial charge >= 0.3 is 5.97 Å². The summed E-state index contributed by atoms with van der Waals surface area (Å²) in [5.74, 6) is -1.02. The van der Waals surface area contributed by atoms with Crippen LogP contribution in [0.4, 0.5) is 0 Å². The molecule has 1 amide bonds. The summed E-state index contributed by atoms with van der Waals surface area (Å²) >= 11 is 12.3. The normalized spacial score (nSPS) is 11.7. The van der Waals surface area contributed by atoms with E-state index < -0.39 is 17.9 Å². The number of carbonyl (C=O) groups is 2.